The molecule has 1 atom stereocenters. The maximum atomic E-state index is 14.0. The van der Waals surface area contributed by atoms with Crippen LogP contribution in [0, 0.1) is 17.1 Å². The van der Waals surface area contributed by atoms with Gasteiger partial charge in [0.05, 0.1) is 45.1 Å². The number of nitriles is 1. The highest BCUT2D eigenvalue weighted by Gasteiger charge is 2.30. The van der Waals surface area contributed by atoms with Crippen LogP contribution in [0.3, 0.4) is 0 Å². The molecular weight excluding hydrogens is 688 g/mol. The van der Waals surface area contributed by atoms with E-state index >= 15 is 0 Å². The zero-order valence-electron chi connectivity index (χ0n) is 28.6. The second-order valence-electron chi connectivity index (χ2n) is 14.1. The zero-order valence-corrected chi connectivity index (χ0v) is 30.1. The first-order valence-corrected chi connectivity index (χ1v) is 17.8. The quantitative estimate of drug-likeness (QED) is 0.163. The molecule has 2 fully saturated rings. The molecule has 0 bridgehead atoms. The van der Waals surface area contributed by atoms with E-state index in [1.165, 1.54) is 18.3 Å². The lowest BCUT2D eigenvalue weighted by Crippen LogP contribution is -2.46. The summed E-state index contributed by atoms with van der Waals surface area (Å²) >= 11 is 12.9. The minimum atomic E-state index is -0.548. The van der Waals surface area contributed by atoms with E-state index in [1.807, 2.05) is 46.1 Å². The van der Waals surface area contributed by atoms with Gasteiger partial charge in [-0.1, -0.05) is 40.5 Å². The van der Waals surface area contributed by atoms with Crippen LogP contribution in [0.4, 0.5) is 27.1 Å². The topological polar surface area (TPSA) is 115 Å². The highest BCUT2D eigenvalue weighted by Crippen LogP contribution is 2.38. The molecule has 0 saturated carbocycles. The number of likely N-dealkylation sites (tertiary alicyclic amines) is 1. The largest absolute Gasteiger partial charge is 0.373 e. The molecule has 2 saturated heterocycles. The van der Waals surface area contributed by atoms with E-state index in [0.717, 1.165) is 43.6 Å². The Hall–Kier alpha value is -4.76. The maximum absolute atomic E-state index is 14.0. The second-order valence-corrected chi connectivity index (χ2v) is 14.9. The summed E-state index contributed by atoms with van der Waals surface area (Å²) in [7, 11) is 0. The predicted molar refractivity (Wildman–Crippen MR) is 199 cm³/mol. The average Bonchev–Trinajstić information content (AvgIpc) is 3.78. The van der Waals surface area contributed by atoms with Gasteiger partial charge in [-0.3, -0.25) is 14.7 Å². The van der Waals surface area contributed by atoms with Gasteiger partial charge in [-0.25, -0.2) is 9.07 Å². The van der Waals surface area contributed by atoms with Crippen LogP contribution in [-0.2, 0) is 4.79 Å². The Labute approximate surface area is 306 Å². The number of aromatic nitrogens is 4. The fourth-order valence-electron chi connectivity index (χ4n) is 6.97. The first-order chi connectivity index (χ1) is 24.5. The molecule has 2 aliphatic heterocycles. The number of carbonyl (C=O) groups is 1. The molecule has 0 radical (unpaired) electrons. The number of nitrogens with one attached hydrogen (secondary N) is 2. The third-order valence-corrected chi connectivity index (χ3v) is 10.3. The first-order valence-electron chi connectivity index (χ1n) is 17.1. The summed E-state index contributed by atoms with van der Waals surface area (Å²) in [5, 5.41) is 27.1. The molecule has 3 aromatic carbocycles. The van der Waals surface area contributed by atoms with Crippen molar-refractivity contribution in [3.05, 3.63) is 99.7 Å². The van der Waals surface area contributed by atoms with Crippen LogP contribution in [0.25, 0.3) is 10.9 Å². The Bertz CT molecular complexity index is 2150. The van der Waals surface area contributed by atoms with Gasteiger partial charge in [0.1, 0.15) is 17.6 Å². The molecule has 7 rings (SSSR count). The van der Waals surface area contributed by atoms with Crippen LogP contribution < -0.4 is 15.5 Å². The number of pyridine rings is 1. The van der Waals surface area contributed by atoms with E-state index in [9.17, 15) is 14.4 Å². The molecule has 2 aromatic heterocycles. The molecule has 262 valence electrons. The van der Waals surface area contributed by atoms with Crippen molar-refractivity contribution < 1.29 is 9.18 Å². The van der Waals surface area contributed by atoms with Crippen LogP contribution in [0.5, 0.6) is 0 Å². The number of halogens is 3. The maximum Gasteiger partial charge on any atom is 0.227 e. The van der Waals surface area contributed by atoms with Crippen molar-refractivity contribution in [2.24, 2.45) is 0 Å². The monoisotopic (exact) mass is 725 g/mol. The fourth-order valence-corrected chi connectivity index (χ4v) is 7.42. The van der Waals surface area contributed by atoms with E-state index in [0.29, 0.717) is 51.6 Å². The van der Waals surface area contributed by atoms with Crippen molar-refractivity contribution in [3.8, 4) is 6.07 Å². The van der Waals surface area contributed by atoms with Crippen molar-refractivity contribution in [1.29, 1.82) is 5.26 Å². The number of anilines is 4. The Kier molecular flexibility index (Phi) is 9.59. The van der Waals surface area contributed by atoms with Gasteiger partial charge in [0.15, 0.2) is 0 Å². The minimum absolute atomic E-state index is 0.0502. The number of hydrogen-bond acceptors (Lipinski definition) is 8. The molecule has 1 amide bonds. The number of nitrogens with zero attached hydrogens (tertiary/aromatic N) is 7. The Morgan fingerprint density at radius 2 is 1.80 bits per heavy atom. The summed E-state index contributed by atoms with van der Waals surface area (Å²) in [4.78, 5) is 21.5. The van der Waals surface area contributed by atoms with Gasteiger partial charge in [0.25, 0.3) is 0 Å². The third-order valence-electron chi connectivity index (χ3n) is 9.74. The SMILES string of the molecule is CC(C)(C)N1CCC(n2cc([C@@H](Nc3cc(Cl)c4ncc(C#N)c(Nc5ccc(F)c(Cl)c5)c4c3)c3cccc(N4CCCC4=O)c3)nn2)CC1. The van der Waals surface area contributed by atoms with Crippen molar-refractivity contribution in [2.75, 3.05) is 35.2 Å². The third kappa shape index (κ3) is 7.22. The van der Waals surface area contributed by atoms with Crippen LogP contribution in [0.2, 0.25) is 10.0 Å². The number of amides is 1. The van der Waals surface area contributed by atoms with Crippen molar-refractivity contribution in [1.82, 2.24) is 24.9 Å². The molecule has 10 nitrogen and oxygen atoms in total. The highest BCUT2D eigenvalue weighted by molar-refractivity contribution is 6.36. The summed E-state index contributed by atoms with van der Waals surface area (Å²) in [5.74, 6) is -0.442. The van der Waals surface area contributed by atoms with Gasteiger partial charge < -0.3 is 15.5 Å². The molecule has 4 heterocycles. The normalized spacial score (nSPS) is 16.4. The van der Waals surface area contributed by atoms with Crippen LogP contribution >= 0.6 is 23.2 Å². The molecule has 0 unspecified atom stereocenters. The number of piperidine rings is 1. The van der Waals surface area contributed by atoms with Crippen LogP contribution in [0.15, 0.2) is 67.0 Å². The molecule has 13 heteroatoms. The lowest BCUT2D eigenvalue weighted by molar-refractivity contribution is -0.117. The number of carbonyl (C=O) groups excluding carboxylic acids is 1. The van der Waals surface area contributed by atoms with Crippen LogP contribution in [0.1, 0.15) is 75.4 Å². The minimum Gasteiger partial charge on any atom is -0.373 e. The van der Waals surface area contributed by atoms with E-state index in [4.69, 9.17) is 23.2 Å². The highest BCUT2D eigenvalue weighted by atomic mass is 35.5. The lowest BCUT2D eigenvalue weighted by Gasteiger charge is -2.40. The molecule has 5 aromatic rings. The standard InChI is InChI=1S/C38H38Cl2FN9O/c1-38(2,3)48-14-11-27(12-15-48)50-22-33(46-47-50)36(23-6-4-7-28(16-23)49-13-5-8-34(49)51)45-26-17-29-35(44-25-9-10-32(41)30(39)18-25)24(20-42)21-43-37(29)31(40)19-26/h4,6-7,9-10,16-19,21-22,27,36,45H,5,8,11-15H2,1-3H3,(H,43,44)/t36-/m0/s1. The smallest absolute Gasteiger partial charge is 0.227 e. The Morgan fingerprint density at radius 1 is 1.02 bits per heavy atom. The van der Waals surface area contributed by atoms with Gasteiger partial charge in [-0.2, -0.15) is 5.26 Å². The Balaban J connectivity index is 1.27. The van der Waals surface area contributed by atoms with Crippen molar-refractivity contribution in [2.45, 2.75) is 64.1 Å². The zero-order chi connectivity index (χ0) is 35.9. The lowest BCUT2D eigenvalue weighted by atomic mass is 9.98. The fraction of sp³-hybridized carbons (Fsp3) is 0.342. The summed E-state index contributed by atoms with van der Waals surface area (Å²) in [6, 6.07) is 17.8. The number of benzene rings is 3. The molecule has 51 heavy (non-hydrogen) atoms. The molecule has 2 N–H and O–H groups in total. The first kappa shape index (κ1) is 34.7. The van der Waals surface area contributed by atoms with E-state index < -0.39 is 11.9 Å². The second kappa shape index (κ2) is 14.1. The number of rotatable bonds is 8. The molecule has 0 spiro atoms. The number of hydrogen-bond donors (Lipinski definition) is 2. The van der Waals surface area contributed by atoms with Gasteiger partial charge in [0, 0.05) is 60.2 Å². The summed E-state index contributed by atoms with van der Waals surface area (Å²) < 4.78 is 15.9. The van der Waals surface area contributed by atoms with Crippen molar-refractivity contribution >= 4 is 62.8 Å². The van der Waals surface area contributed by atoms with Gasteiger partial charge >= 0.3 is 0 Å². The van der Waals surface area contributed by atoms with Gasteiger partial charge in [-0.15, -0.1) is 5.10 Å². The van der Waals surface area contributed by atoms with E-state index in [1.54, 1.807) is 12.1 Å². The Morgan fingerprint density at radius 3 is 2.51 bits per heavy atom. The summed E-state index contributed by atoms with van der Waals surface area (Å²) in [6.07, 6.45) is 6.74. The van der Waals surface area contributed by atoms with Crippen LogP contribution in [-0.4, -0.2) is 56.0 Å². The van der Waals surface area contributed by atoms with Gasteiger partial charge in [0.2, 0.25) is 5.91 Å². The van der Waals surface area contributed by atoms with Gasteiger partial charge in [-0.05, 0) is 88.1 Å². The number of fused-ring (bicyclic) bond motifs is 1. The molecular formula is C38H38Cl2FN9O. The van der Waals surface area contributed by atoms with E-state index in [-0.39, 0.29) is 28.1 Å². The average molecular weight is 727 g/mol. The molecule has 0 aliphatic carbocycles. The predicted octanol–water partition coefficient (Wildman–Crippen LogP) is 8.65. The summed E-state index contributed by atoms with van der Waals surface area (Å²) in [6.45, 7) is 9.36. The molecule has 2 aliphatic rings. The van der Waals surface area contributed by atoms with Crippen molar-refractivity contribution in [3.63, 3.8) is 0 Å². The summed E-state index contributed by atoms with van der Waals surface area (Å²) in [5.41, 5.74) is 4.88. The van der Waals surface area contributed by atoms with E-state index in [2.05, 4.69) is 57.7 Å².